The van der Waals surface area contributed by atoms with Crippen LogP contribution in [-0.2, 0) is 30.9 Å². The van der Waals surface area contributed by atoms with E-state index in [-0.39, 0.29) is 65.5 Å². The van der Waals surface area contributed by atoms with Crippen LogP contribution in [0.4, 0.5) is 0 Å². The van der Waals surface area contributed by atoms with Crippen LogP contribution in [0, 0.1) is 6.92 Å². The molecular formula is C27H27Cl2OSiZr. The standard InChI is InChI=1S/C16H13.C11H14OSi.2ClH.Zr/c1-12-10-14-8-5-9-15(16(14)11-12)13-6-3-2-4-7-13;1-8-4-9-6-10(7-13(2)3)12-11(9)5-8;;;/h2-11H,1H3;4-7,10H,1-3H3;2*1H;/q-1;;;;+3/p-2. The minimum absolute atomic E-state index is 0. The summed E-state index contributed by atoms with van der Waals surface area (Å²) in [5.74, 6) is 1.06. The number of halogens is 2. The summed E-state index contributed by atoms with van der Waals surface area (Å²) in [6.45, 7) is 8.80. The summed E-state index contributed by atoms with van der Waals surface area (Å²) in [6, 6.07) is 21.6. The molecule has 1 atom stereocenters. The van der Waals surface area contributed by atoms with Gasteiger partial charge in [-0.2, -0.15) is 6.07 Å². The van der Waals surface area contributed by atoms with Crippen LogP contribution < -0.4 is 24.8 Å². The van der Waals surface area contributed by atoms with Gasteiger partial charge in [0.15, 0.2) is 0 Å². The van der Waals surface area contributed by atoms with E-state index in [1.807, 2.05) is 0 Å². The molecule has 5 heteroatoms. The second-order valence-electron chi connectivity index (χ2n) is 8.05. The third kappa shape index (κ3) is 6.81. The van der Waals surface area contributed by atoms with Crippen LogP contribution in [0.5, 0.6) is 0 Å². The Morgan fingerprint density at radius 3 is 2.31 bits per heavy atom. The number of benzene rings is 2. The minimum Gasteiger partial charge on any atom is -1.00 e. The molecule has 0 spiro atoms. The van der Waals surface area contributed by atoms with Crippen molar-refractivity contribution in [3.8, 4) is 11.1 Å². The molecule has 0 saturated carbocycles. The van der Waals surface area contributed by atoms with E-state index in [0.717, 1.165) is 5.76 Å². The molecule has 1 aliphatic carbocycles. The third-order valence-electron chi connectivity index (χ3n) is 5.11. The van der Waals surface area contributed by atoms with Crippen LogP contribution in [0.2, 0.25) is 13.1 Å². The van der Waals surface area contributed by atoms with E-state index in [0.29, 0.717) is 0 Å². The molecule has 5 rings (SSSR count). The number of hydrogen-bond acceptors (Lipinski definition) is 1. The van der Waals surface area contributed by atoms with Crippen LogP contribution in [0.25, 0.3) is 21.9 Å². The fourth-order valence-electron chi connectivity index (χ4n) is 3.90. The number of allylic oxidation sites excluding steroid dienone is 3. The van der Waals surface area contributed by atoms with Gasteiger partial charge in [-0.05, 0) is 36.3 Å². The Bertz CT molecular complexity index is 1170. The smallest absolute Gasteiger partial charge is 1.00 e. The number of aryl methyl sites for hydroxylation is 1. The Balaban J connectivity index is 0.000000298. The molecule has 1 radical (unpaired) electrons. The van der Waals surface area contributed by atoms with Crippen molar-refractivity contribution in [1.29, 1.82) is 0 Å². The zero-order chi connectivity index (χ0) is 20.4. The van der Waals surface area contributed by atoms with Crippen molar-refractivity contribution in [1.82, 2.24) is 0 Å². The normalized spacial score (nSPS) is 15.2. The molecule has 1 nitrogen and oxygen atoms in total. The predicted molar refractivity (Wildman–Crippen MR) is 128 cm³/mol. The zero-order valence-corrected chi connectivity index (χ0v) is 23.8. The van der Waals surface area contributed by atoms with Crippen molar-refractivity contribution in [2.24, 2.45) is 0 Å². The van der Waals surface area contributed by atoms with Crippen molar-refractivity contribution in [3.63, 3.8) is 0 Å². The van der Waals surface area contributed by atoms with Gasteiger partial charge in [-0.15, -0.1) is 34.5 Å². The first-order valence-electron chi connectivity index (χ1n) is 10.1. The maximum Gasteiger partial charge on any atom is 3.00 e. The largest absolute Gasteiger partial charge is 3.00 e. The van der Waals surface area contributed by atoms with E-state index in [1.165, 1.54) is 38.6 Å². The van der Waals surface area contributed by atoms with E-state index < -0.39 is 0 Å². The third-order valence-corrected chi connectivity index (χ3v) is 6.11. The molecule has 1 heterocycles. The van der Waals surface area contributed by atoms with Gasteiger partial charge in [0.2, 0.25) is 0 Å². The number of fused-ring (bicyclic) bond motifs is 2. The summed E-state index contributed by atoms with van der Waals surface area (Å²) in [7, 11) is -0.304. The first kappa shape index (κ1) is 28.7. The molecule has 0 bridgehead atoms. The average molecular weight is 558 g/mol. The van der Waals surface area contributed by atoms with Crippen molar-refractivity contribution in [2.75, 3.05) is 0 Å². The second kappa shape index (κ2) is 12.8. The van der Waals surface area contributed by atoms with Gasteiger partial charge < -0.3 is 29.6 Å². The van der Waals surface area contributed by atoms with Crippen LogP contribution in [-0.4, -0.2) is 20.2 Å². The van der Waals surface area contributed by atoms with Crippen LogP contribution in [0.15, 0.2) is 95.8 Å². The summed E-state index contributed by atoms with van der Waals surface area (Å²) in [5, 5.41) is 2.69. The fourth-order valence-corrected chi connectivity index (χ4v) is 4.72. The van der Waals surface area contributed by atoms with Crippen molar-refractivity contribution >= 4 is 24.9 Å². The number of ether oxygens (including phenoxy) is 1. The molecule has 1 aliphatic heterocycles. The topological polar surface area (TPSA) is 9.23 Å². The summed E-state index contributed by atoms with van der Waals surface area (Å²) < 4.78 is 5.75. The zero-order valence-electron chi connectivity index (χ0n) is 18.8. The molecule has 0 N–H and O–H groups in total. The van der Waals surface area contributed by atoms with Gasteiger partial charge >= 0.3 is 26.2 Å². The van der Waals surface area contributed by atoms with Crippen molar-refractivity contribution in [2.45, 2.75) is 33.0 Å². The number of rotatable bonds is 2. The summed E-state index contributed by atoms with van der Waals surface area (Å²) in [6.07, 6.45) is 6.73. The van der Waals surface area contributed by atoms with E-state index in [9.17, 15) is 0 Å². The molecule has 0 amide bonds. The molecule has 2 aliphatic rings. The summed E-state index contributed by atoms with van der Waals surface area (Å²) >= 11 is 0. The Morgan fingerprint density at radius 1 is 0.938 bits per heavy atom. The van der Waals surface area contributed by atoms with E-state index >= 15 is 0 Å². The van der Waals surface area contributed by atoms with Gasteiger partial charge in [0.25, 0.3) is 0 Å². The van der Waals surface area contributed by atoms with Crippen molar-refractivity contribution < 1.29 is 55.8 Å². The van der Waals surface area contributed by atoms with Gasteiger partial charge in [-0.25, -0.2) is 0 Å². The summed E-state index contributed by atoms with van der Waals surface area (Å²) in [4.78, 5) is 0. The molecule has 1 unspecified atom stereocenters. The van der Waals surface area contributed by atoms with E-state index in [1.54, 1.807) is 0 Å². The molecule has 32 heavy (non-hydrogen) atoms. The van der Waals surface area contributed by atoms with Crippen LogP contribution >= 0.6 is 0 Å². The maximum absolute atomic E-state index is 5.75. The minimum atomic E-state index is -0.304. The van der Waals surface area contributed by atoms with Gasteiger partial charge in [0.05, 0.1) is 0 Å². The van der Waals surface area contributed by atoms with E-state index in [4.69, 9.17) is 4.74 Å². The van der Waals surface area contributed by atoms with Gasteiger partial charge in [-0.1, -0.05) is 67.7 Å². The second-order valence-corrected chi connectivity index (χ2v) is 10.5. The summed E-state index contributed by atoms with van der Waals surface area (Å²) in [5.41, 5.74) is 8.82. The Kier molecular flexibility index (Phi) is 11.4. The molecular weight excluding hydrogens is 531 g/mol. The maximum atomic E-state index is 5.75. The first-order chi connectivity index (χ1) is 14.0. The molecule has 3 aromatic carbocycles. The monoisotopic (exact) mass is 555 g/mol. The van der Waals surface area contributed by atoms with Crippen LogP contribution in [0.1, 0.15) is 12.5 Å². The molecule has 163 valence electrons. The first-order valence-corrected chi connectivity index (χ1v) is 12.7. The average Bonchev–Trinajstić information content (AvgIpc) is 3.33. The van der Waals surface area contributed by atoms with Crippen molar-refractivity contribution in [3.05, 3.63) is 101 Å². The van der Waals surface area contributed by atoms with Gasteiger partial charge in [-0.3, -0.25) is 0 Å². The number of hydrogen-bond donors (Lipinski definition) is 0. The fraction of sp³-hybridized carbons (Fsp3) is 0.185. The van der Waals surface area contributed by atoms with Crippen LogP contribution in [0.3, 0.4) is 0 Å². The predicted octanol–water partition coefficient (Wildman–Crippen LogP) is 0.833. The Hall–Kier alpha value is -1.38. The molecule has 3 aromatic rings. The molecule has 0 saturated heterocycles. The molecule has 0 aromatic heterocycles. The van der Waals surface area contributed by atoms with Gasteiger partial charge in [0.1, 0.15) is 11.9 Å². The van der Waals surface area contributed by atoms with Gasteiger partial charge in [0, 0.05) is 14.0 Å². The van der Waals surface area contributed by atoms with E-state index in [2.05, 4.69) is 112 Å². The quantitative estimate of drug-likeness (QED) is 0.335. The Labute approximate surface area is 224 Å². The SMILES string of the molecule is CC1=CC2=CC(C=[Si](C)C)OC2=C1.Cc1cc2c(-c3ccccc3)cccc2[cH-]1.[Cl-].[Cl-].[Zr+3]. The molecule has 0 fully saturated rings. The Morgan fingerprint density at radius 2 is 1.66 bits per heavy atom.